The molecule has 15 heavy (non-hydrogen) atoms. The Balaban J connectivity index is 1.74. The molecule has 0 aromatic carbocycles. The van der Waals surface area contributed by atoms with Crippen LogP contribution in [0, 0.1) is 5.41 Å². The summed E-state index contributed by atoms with van der Waals surface area (Å²) in [5.41, 5.74) is 7.96. The molecule has 1 aliphatic carbocycles. The first kappa shape index (κ1) is 11.2. The fraction of sp³-hybridized carbons (Fsp3) is 0.846. The molecule has 0 radical (unpaired) electrons. The first-order valence-corrected chi connectivity index (χ1v) is 6.32. The molecule has 0 aromatic heterocycles. The third kappa shape index (κ3) is 2.61. The normalized spacial score (nSPS) is 25.9. The lowest BCUT2D eigenvalue weighted by atomic mass is 9.66. The minimum Gasteiger partial charge on any atom is -0.330 e. The second-order valence-electron chi connectivity index (χ2n) is 5.41. The van der Waals surface area contributed by atoms with Crippen molar-refractivity contribution in [3.8, 4) is 0 Å². The highest BCUT2D eigenvalue weighted by atomic mass is 15.1. The van der Waals surface area contributed by atoms with Gasteiger partial charge in [-0.05, 0) is 51.1 Å². The van der Waals surface area contributed by atoms with E-state index in [-0.39, 0.29) is 0 Å². The summed E-state index contributed by atoms with van der Waals surface area (Å²) in [7, 11) is 0. The molecule has 2 N–H and O–H groups in total. The lowest BCUT2D eigenvalue weighted by Crippen LogP contribution is -2.41. The van der Waals surface area contributed by atoms with Crippen LogP contribution in [0.5, 0.6) is 0 Å². The molecule has 2 heteroatoms. The van der Waals surface area contributed by atoms with Crippen molar-refractivity contribution in [2.75, 3.05) is 26.2 Å². The Bertz CT molecular complexity index is 235. The van der Waals surface area contributed by atoms with Gasteiger partial charge in [0.05, 0.1) is 0 Å². The molecular formula is C13H24N2. The first-order valence-electron chi connectivity index (χ1n) is 6.32. The third-order valence-electron chi connectivity index (χ3n) is 4.33. The zero-order chi connectivity index (χ0) is 10.7. The van der Waals surface area contributed by atoms with Gasteiger partial charge in [0, 0.05) is 13.1 Å². The van der Waals surface area contributed by atoms with Crippen LogP contribution in [0.3, 0.4) is 0 Å². The van der Waals surface area contributed by atoms with Crippen molar-refractivity contribution in [3.63, 3.8) is 0 Å². The van der Waals surface area contributed by atoms with Crippen molar-refractivity contribution in [2.45, 2.75) is 39.0 Å². The Morgan fingerprint density at radius 2 is 2.27 bits per heavy atom. The number of hydrogen-bond acceptors (Lipinski definition) is 2. The summed E-state index contributed by atoms with van der Waals surface area (Å²) < 4.78 is 0. The van der Waals surface area contributed by atoms with Crippen LogP contribution in [0.25, 0.3) is 0 Å². The summed E-state index contributed by atoms with van der Waals surface area (Å²) in [4.78, 5) is 2.57. The molecule has 0 saturated heterocycles. The molecule has 1 heterocycles. The van der Waals surface area contributed by atoms with Crippen molar-refractivity contribution < 1.29 is 0 Å². The maximum absolute atomic E-state index is 5.88. The molecule has 2 rings (SSSR count). The van der Waals surface area contributed by atoms with Crippen molar-refractivity contribution >= 4 is 0 Å². The molecule has 86 valence electrons. The molecule has 0 atom stereocenters. The van der Waals surface area contributed by atoms with Gasteiger partial charge in [0.1, 0.15) is 0 Å². The standard InChI is InChI=1S/C13H24N2/c1-12-3-8-15(9-4-12)10-7-13(11-14)5-2-6-13/h3H,2,4-11,14H2,1H3. The SMILES string of the molecule is CC1=CCN(CCC2(CN)CCC2)CC1. The van der Waals surface area contributed by atoms with E-state index in [9.17, 15) is 0 Å². The van der Waals surface area contributed by atoms with E-state index in [0.29, 0.717) is 5.41 Å². The summed E-state index contributed by atoms with van der Waals surface area (Å²) in [5.74, 6) is 0. The van der Waals surface area contributed by atoms with Gasteiger partial charge in [0.15, 0.2) is 0 Å². The fourth-order valence-corrected chi connectivity index (χ4v) is 2.64. The van der Waals surface area contributed by atoms with Gasteiger partial charge in [-0.25, -0.2) is 0 Å². The lowest BCUT2D eigenvalue weighted by Gasteiger charge is -2.42. The predicted octanol–water partition coefficient (Wildman–Crippen LogP) is 2.16. The molecule has 1 aliphatic heterocycles. The molecule has 0 unspecified atom stereocenters. The number of nitrogens with two attached hydrogens (primary N) is 1. The Morgan fingerprint density at radius 3 is 2.73 bits per heavy atom. The van der Waals surface area contributed by atoms with Gasteiger partial charge in [-0.15, -0.1) is 0 Å². The number of rotatable bonds is 4. The quantitative estimate of drug-likeness (QED) is 0.717. The van der Waals surface area contributed by atoms with Crippen molar-refractivity contribution in [3.05, 3.63) is 11.6 Å². The summed E-state index contributed by atoms with van der Waals surface area (Å²) in [6, 6.07) is 0. The van der Waals surface area contributed by atoms with Crippen molar-refractivity contribution in [1.29, 1.82) is 0 Å². The molecule has 0 aromatic rings. The van der Waals surface area contributed by atoms with Crippen LogP contribution in [-0.4, -0.2) is 31.1 Å². The van der Waals surface area contributed by atoms with E-state index < -0.39 is 0 Å². The van der Waals surface area contributed by atoms with E-state index in [4.69, 9.17) is 5.73 Å². The van der Waals surface area contributed by atoms with Gasteiger partial charge in [-0.3, -0.25) is 4.90 Å². The van der Waals surface area contributed by atoms with E-state index in [1.165, 1.54) is 45.2 Å². The molecule has 1 fully saturated rings. The summed E-state index contributed by atoms with van der Waals surface area (Å²) in [5, 5.41) is 0. The highest BCUT2D eigenvalue weighted by molar-refractivity contribution is 5.04. The largest absolute Gasteiger partial charge is 0.330 e. The van der Waals surface area contributed by atoms with E-state index in [2.05, 4.69) is 17.9 Å². The number of nitrogens with zero attached hydrogens (tertiary/aromatic N) is 1. The van der Waals surface area contributed by atoms with Gasteiger partial charge in [0.2, 0.25) is 0 Å². The van der Waals surface area contributed by atoms with Crippen molar-refractivity contribution in [2.24, 2.45) is 11.1 Å². The Morgan fingerprint density at radius 1 is 1.47 bits per heavy atom. The molecule has 0 amide bonds. The topological polar surface area (TPSA) is 29.3 Å². The minimum absolute atomic E-state index is 0.524. The van der Waals surface area contributed by atoms with E-state index >= 15 is 0 Å². The monoisotopic (exact) mass is 208 g/mol. The predicted molar refractivity (Wildman–Crippen MR) is 64.8 cm³/mol. The van der Waals surface area contributed by atoms with Crippen LogP contribution in [0.2, 0.25) is 0 Å². The minimum atomic E-state index is 0.524. The Labute approximate surface area is 93.5 Å². The van der Waals surface area contributed by atoms with Gasteiger partial charge >= 0.3 is 0 Å². The van der Waals surface area contributed by atoms with Crippen LogP contribution in [0.15, 0.2) is 11.6 Å². The maximum Gasteiger partial charge on any atom is 0.0165 e. The molecule has 0 spiro atoms. The fourth-order valence-electron chi connectivity index (χ4n) is 2.64. The average Bonchev–Trinajstić information content (AvgIpc) is 2.20. The molecule has 1 saturated carbocycles. The third-order valence-corrected chi connectivity index (χ3v) is 4.33. The number of hydrogen-bond donors (Lipinski definition) is 1. The Hall–Kier alpha value is -0.340. The molecule has 2 aliphatic rings. The van der Waals surface area contributed by atoms with Crippen LogP contribution in [0.4, 0.5) is 0 Å². The van der Waals surface area contributed by atoms with Gasteiger partial charge < -0.3 is 5.73 Å². The van der Waals surface area contributed by atoms with E-state index in [1.54, 1.807) is 5.57 Å². The smallest absolute Gasteiger partial charge is 0.0165 e. The lowest BCUT2D eigenvalue weighted by molar-refractivity contribution is 0.108. The molecule has 2 nitrogen and oxygen atoms in total. The van der Waals surface area contributed by atoms with E-state index in [1.807, 2.05) is 0 Å². The highest BCUT2D eigenvalue weighted by Gasteiger charge is 2.35. The second-order valence-corrected chi connectivity index (χ2v) is 5.41. The average molecular weight is 208 g/mol. The van der Waals surface area contributed by atoms with Crippen molar-refractivity contribution in [1.82, 2.24) is 4.90 Å². The molecule has 0 bridgehead atoms. The van der Waals surface area contributed by atoms with Gasteiger partial charge in [0.25, 0.3) is 0 Å². The Kier molecular flexibility index (Phi) is 3.47. The van der Waals surface area contributed by atoms with Gasteiger partial charge in [-0.1, -0.05) is 18.1 Å². The maximum atomic E-state index is 5.88. The highest BCUT2D eigenvalue weighted by Crippen LogP contribution is 2.42. The first-order chi connectivity index (χ1) is 7.24. The van der Waals surface area contributed by atoms with Crippen LogP contribution in [-0.2, 0) is 0 Å². The zero-order valence-corrected chi connectivity index (χ0v) is 9.97. The summed E-state index contributed by atoms with van der Waals surface area (Å²) >= 11 is 0. The summed E-state index contributed by atoms with van der Waals surface area (Å²) in [6.07, 6.45) is 9.08. The van der Waals surface area contributed by atoms with Gasteiger partial charge in [-0.2, -0.15) is 0 Å². The van der Waals surface area contributed by atoms with Crippen LogP contribution >= 0.6 is 0 Å². The summed E-state index contributed by atoms with van der Waals surface area (Å²) in [6.45, 7) is 6.80. The van der Waals surface area contributed by atoms with Crippen LogP contribution < -0.4 is 5.73 Å². The second kappa shape index (κ2) is 4.67. The zero-order valence-electron chi connectivity index (χ0n) is 9.97. The van der Waals surface area contributed by atoms with E-state index in [0.717, 1.165) is 13.1 Å². The molecular weight excluding hydrogens is 184 g/mol. The van der Waals surface area contributed by atoms with Crippen LogP contribution in [0.1, 0.15) is 39.0 Å².